The molecule has 0 bridgehead atoms. The average Bonchev–Trinajstić information content (AvgIpc) is 2.90. The van der Waals surface area contributed by atoms with Gasteiger partial charge in [-0.05, 0) is 26.0 Å². The van der Waals surface area contributed by atoms with Crippen LogP contribution in [0.1, 0.15) is 25.5 Å². The van der Waals surface area contributed by atoms with E-state index in [-0.39, 0.29) is 11.9 Å². The number of hydrogen-bond donors (Lipinski definition) is 1. The molecule has 1 atom stereocenters. The Morgan fingerprint density at radius 1 is 1.47 bits per heavy atom. The first-order chi connectivity index (χ1) is 9.13. The van der Waals surface area contributed by atoms with E-state index in [9.17, 15) is 4.39 Å². The lowest BCUT2D eigenvalue weighted by atomic mass is 10.1. The summed E-state index contributed by atoms with van der Waals surface area (Å²) in [6, 6.07) is 4.61. The van der Waals surface area contributed by atoms with Gasteiger partial charge in [-0.15, -0.1) is 0 Å². The molecule has 0 aliphatic rings. The number of hydrogen-bond acceptors (Lipinski definition) is 3. The summed E-state index contributed by atoms with van der Waals surface area (Å²) in [6.45, 7) is 4.81. The number of halogens is 1. The van der Waals surface area contributed by atoms with Gasteiger partial charge in [0.05, 0.1) is 25.0 Å². The molecule has 0 radical (unpaired) electrons. The van der Waals surface area contributed by atoms with E-state index in [0.717, 1.165) is 12.1 Å². The van der Waals surface area contributed by atoms with Crippen molar-refractivity contribution in [2.75, 3.05) is 12.4 Å². The van der Waals surface area contributed by atoms with Gasteiger partial charge in [0.25, 0.3) is 0 Å². The molecule has 1 aromatic carbocycles. The summed E-state index contributed by atoms with van der Waals surface area (Å²) in [4.78, 5) is 0. The number of nitrogens with zero attached hydrogens (tertiary/aromatic N) is 2. The van der Waals surface area contributed by atoms with Gasteiger partial charge in [-0.1, -0.05) is 0 Å². The van der Waals surface area contributed by atoms with Gasteiger partial charge in [-0.25, -0.2) is 4.39 Å². The highest BCUT2D eigenvalue weighted by Gasteiger charge is 2.11. The molecule has 5 heteroatoms. The summed E-state index contributed by atoms with van der Waals surface area (Å²) in [5.74, 6) is 0.330. The smallest absolute Gasteiger partial charge is 0.146 e. The summed E-state index contributed by atoms with van der Waals surface area (Å²) < 4.78 is 20.7. The molecule has 0 aliphatic carbocycles. The zero-order valence-corrected chi connectivity index (χ0v) is 11.4. The first-order valence-electron chi connectivity index (χ1n) is 6.26. The van der Waals surface area contributed by atoms with Gasteiger partial charge in [0.15, 0.2) is 0 Å². The minimum Gasteiger partial charge on any atom is -0.497 e. The Morgan fingerprint density at radius 3 is 2.89 bits per heavy atom. The van der Waals surface area contributed by atoms with Gasteiger partial charge in [0.2, 0.25) is 0 Å². The zero-order valence-electron chi connectivity index (χ0n) is 11.4. The van der Waals surface area contributed by atoms with Gasteiger partial charge < -0.3 is 10.1 Å². The largest absolute Gasteiger partial charge is 0.497 e. The Hall–Kier alpha value is -2.04. The lowest BCUT2D eigenvalue weighted by molar-refractivity contribution is 0.414. The normalized spacial score (nSPS) is 12.2. The first-order valence-corrected chi connectivity index (χ1v) is 6.26. The van der Waals surface area contributed by atoms with Crippen molar-refractivity contribution in [1.82, 2.24) is 9.78 Å². The Kier molecular flexibility index (Phi) is 4.04. The first kappa shape index (κ1) is 13.4. The maximum absolute atomic E-state index is 13.7. The maximum Gasteiger partial charge on any atom is 0.146 e. The number of ether oxygens (including phenoxy) is 1. The minimum absolute atomic E-state index is 0.0260. The predicted octanol–water partition coefficient (Wildman–Crippen LogP) is 3.22. The van der Waals surface area contributed by atoms with Crippen LogP contribution in [0.25, 0.3) is 0 Å². The van der Waals surface area contributed by atoms with Gasteiger partial charge >= 0.3 is 0 Å². The topological polar surface area (TPSA) is 39.1 Å². The van der Waals surface area contributed by atoms with Gasteiger partial charge in [-0.2, -0.15) is 5.10 Å². The van der Waals surface area contributed by atoms with Crippen LogP contribution in [0.5, 0.6) is 5.75 Å². The average molecular weight is 263 g/mol. The van der Waals surface area contributed by atoms with Crippen molar-refractivity contribution >= 4 is 5.69 Å². The predicted molar refractivity (Wildman–Crippen MR) is 72.9 cm³/mol. The molecular weight excluding hydrogens is 245 g/mol. The standard InChI is InChI=1S/C14H18FN3O/c1-4-18-9-11(8-16-18)10(2)17-14-7-12(19-3)5-6-13(14)15/h5-10,17H,4H2,1-3H3. The van der Waals surface area contributed by atoms with Crippen LogP contribution in [0.3, 0.4) is 0 Å². The van der Waals surface area contributed by atoms with E-state index in [2.05, 4.69) is 10.4 Å². The van der Waals surface area contributed by atoms with Gasteiger partial charge in [0, 0.05) is 24.4 Å². The second-order valence-corrected chi connectivity index (χ2v) is 4.34. The van der Waals surface area contributed by atoms with Crippen molar-refractivity contribution in [3.8, 4) is 5.75 Å². The highest BCUT2D eigenvalue weighted by Crippen LogP contribution is 2.25. The zero-order chi connectivity index (χ0) is 13.8. The molecule has 0 amide bonds. The number of aryl methyl sites for hydroxylation is 1. The lowest BCUT2D eigenvalue weighted by Crippen LogP contribution is -2.07. The molecule has 2 rings (SSSR count). The highest BCUT2D eigenvalue weighted by molar-refractivity contribution is 5.51. The maximum atomic E-state index is 13.7. The molecule has 0 saturated heterocycles. The molecule has 102 valence electrons. The van der Waals surface area contributed by atoms with Crippen LogP contribution in [0.2, 0.25) is 0 Å². The summed E-state index contributed by atoms with van der Waals surface area (Å²) >= 11 is 0. The molecule has 1 N–H and O–H groups in total. The van der Waals surface area contributed by atoms with E-state index in [1.54, 1.807) is 25.4 Å². The van der Waals surface area contributed by atoms with E-state index in [1.807, 2.05) is 24.7 Å². The SMILES string of the molecule is CCn1cc(C(C)Nc2cc(OC)ccc2F)cn1. The van der Waals surface area contributed by atoms with Gasteiger partial charge in [-0.3, -0.25) is 4.68 Å². The molecule has 1 aromatic heterocycles. The number of rotatable bonds is 5. The second kappa shape index (κ2) is 5.73. The summed E-state index contributed by atoms with van der Waals surface area (Å²) in [6.07, 6.45) is 3.75. The third kappa shape index (κ3) is 3.05. The van der Waals surface area contributed by atoms with Crippen LogP contribution in [0, 0.1) is 5.82 Å². The number of anilines is 1. The van der Waals surface area contributed by atoms with Crippen molar-refractivity contribution in [3.63, 3.8) is 0 Å². The van der Waals surface area contributed by atoms with Gasteiger partial charge in [0.1, 0.15) is 11.6 Å². The minimum atomic E-state index is -0.296. The quantitative estimate of drug-likeness (QED) is 0.900. The molecule has 4 nitrogen and oxygen atoms in total. The third-order valence-electron chi connectivity index (χ3n) is 3.02. The Morgan fingerprint density at radius 2 is 2.26 bits per heavy atom. The van der Waals surface area contributed by atoms with Crippen molar-refractivity contribution in [2.45, 2.75) is 26.4 Å². The molecule has 0 saturated carbocycles. The van der Waals surface area contributed by atoms with E-state index in [0.29, 0.717) is 11.4 Å². The number of methoxy groups -OCH3 is 1. The van der Waals surface area contributed by atoms with Crippen LogP contribution in [-0.2, 0) is 6.54 Å². The van der Waals surface area contributed by atoms with Crippen molar-refractivity contribution in [3.05, 3.63) is 42.0 Å². The summed E-state index contributed by atoms with van der Waals surface area (Å²) in [5.41, 5.74) is 1.44. The second-order valence-electron chi connectivity index (χ2n) is 4.34. The number of nitrogens with one attached hydrogen (secondary N) is 1. The number of benzene rings is 1. The number of aromatic nitrogens is 2. The fraction of sp³-hybridized carbons (Fsp3) is 0.357. The lowest BCUT2D eigenvalue weighted by Gasteiger charge is -2.15. The van der Waals surface area contributed by atoms with E-state index in [1.165, 1.54) is 6.07 Å². The highest BCUT2D eigenvalue weighted by atomic mass is 19.1. The fourth-order valence-corrected chi connectivity index (χ4v) is 1.83. The van der Waals surface area contributed by atoms with Crippen molar-refractivity contribution < 1.29 is 9.13 Å². The van der Waals surface area contributed by atoms with E-state index >= 15 is 0 Å². The van der Waals surface area contributed by atoms with E-state index in [4.69, 9.17) is 4.74 Å². The molecule has 19 heavy (non-hydrogen) atoms. The summed E-state index contributed by atoms with van der Waals surface area (Å²) in [5, 5.41) is 7.34. The third-order valence-corrected chi connectivity index (χ3v) is 3.02. The summed E-state index contributed by atoms with van der Waals surface area (Å²) in [7, 11) is 1.56. The molecule has 0 spiro atoms. The van der Waals surface area contributed by atoms with Crippen molar-refractivity contribution in [1.29, 1.82) is 0 Å². The Labute approximate surface area is 112 Å². The molecule has 0 fully saturated rings. The van der Waals surface area contributed by atoms with Crippen molar-refractivity contribution in [2.24, 2.45) is 0 Å². The van der Waals surface area contributed by atoms with Crippen LogP contribution in [0.15, 0.2) is 30.6 Å². The molecular formula is C14H18FN3O. The fourth-order valence-electron chi connectivity index (χ4n) is 1.83. The Bertz CT molecular complexity index is 553. The molecule has 1 unspecified atom stereocenters. The van der Waals surface area contributed by atoms with Crippen LogP contribution in [0.4, 0.5) is 10.1 Å². The van der Waals surface area contributed by atoms with Crippen LogP contribution < -0.4 is 10.1 Å². The molecule has 1 heterocycles. The molecule has 2 aromatic rings. The van der Waals surface area contributed by atoms with Crippen LogP contribution in [-0.4, -0.2) is 16.9 Å². The Balaban J connectivity index is 2.15. The van der Waals surface area contributed by atoms with E-state index < -0.39 is 0 Å². The monoisotopic (exact) mass is 263 g/mol. The molecule has 0 aliphatic heterocycles. The van der Waals surface area contributed by atoms with Crippen LogP contribution >= 0.6 is 0 Å².